The van der Waals surface area contributed by atoms with Gasteiger partial charge in [-0.1, -0.05) is 115 Å². The average molecular weight is 614 g/mol. The van der Waals surface area contributed by atoms with Gasteiger partial charge in [0.1, 0.15) is 22.3 Å². The van der Waals surface area contributed by atoms with Gasteiger partial charge in [-0.05, 0) is 51.7 Å². The first kappa shape index (κ1) is 25.6. The van der Waals surface area contributed by atoms with E-state index in [1.807, 2.05) is 72.8 Å². The van der Waals surface area contributed by atoms with E-state index in [2.05, 4.69) is 66.7 Å². The van der Waals surface area contributed by atoms with Gasteiger partial charge in [0.05, 0.1) is 5.56 Å². The van der Waals surface area contributed by atoms with Crippen molar-refractivity contribution in [1.82, 2.24) is 15.0 Å². The maximum absolute atomic E-state index is 6.75. The SMILES string of the molecule is c1ccc(-c2nc(-c3cccc4c3oc3ccccc34)nc(-c3cc4c(c5oc6ccccc6c35)-c3cccc5cccc-4c35)n2)cc1. The van der Waals surface area contributed by atoms with E-state index < -0.39 is 0 Å². The van der Waals surface area contributed by atoms with Gasteiger partial charge < -0.3 is 8.83 Å². The van der Waals surface area contributed by atoms with Crippen LogP contribution in [-0.4, -0.2) is 15.0 Å². The molecule has 1 aliphatic rings. The summed E-state index contributed by atoms with van der Waals surface area (Å²) < 4.78 is 13.2. The highest BCUT2D eigenvalue weighted by atomic mass is 16.3. The third-order valence-electron chi connectivity index (χ3n) is 9.67. The topological polar surface area (TPSA) is 65.0 Å². The molecule has 3 aromatic heterocycles. The Morgan fingerprint density at radius 3 is 1.81 bits per heavy atom. The van der Waals surface area contributed by atoms with Crippen molar-refractivity contribution in [1.29, 1.82) is 0 Å². The van der Waals surface area contributed by atoms with Crippen LogP contribution in [0.2, 0.25) is 0 Å². The number of rotatable bonds is 3. The second-order valence-corrected chi connectivity index (χ2v) is 12.3. The van der Waals surface area contributed by atoms with Crippen LogP contribution in [-0.2, 0) is 0 Å². The molecule has 5 nitrogen and oxygen atoms in total. The highest BCUT2D eigenvalue weighted by Gasteiger charge is 2.29. The van der Waals surface area contributed by atoms with Crippen molar-refractivity contribution in [2.24, 2.45) is 0 Å². The molecule has 0 spiro atoms. The molecule has 0 bridgehead atoms. The number of fused-ring (bicyclic) bond motifs is 10. The van der Waals surface area contributed by atoms with Gasteiger partial charge in [0.15, 0.2) is 17.5 Å². The summed E-state index contributed by atoms with van der Waals surface area (Å²) in [6.07, 6.45) is 0. The number of aromatic nitrogens is 3. The van der Waals surface area contributed by atoms with Crippen molar-refractivity contribution in [3.05, 3.63) is 140 Å². The van der Waals surface area contributed by atoms with Crippen molar-refractivity contribution in [2.75, 3.05) is 0 Å². The van der Waals surface area contributed by atoms with Crippen molar-refractivity contribution in [2.45, 2.75) is 0 Å². The number of hydrogen-bond acceptors (Lipinski definition) is 5. The van der Waals surface area contributed by atoms with Crippen LogP contribution in [0.1, 0.15) is 0 Å². The van der Waals surface area contributed by atoms with E-state index >= 15 is 0 Å². The van der Waals surface area contributed by atoms with Crippen LogP contribution in [0.25, 0.3) is 111 Å². The maximum atomic E-state index is 6.75. The number of para-hydroxylation sites is 3. The van der Waals surface area contributed by atoms with E-state index in [4.69, 9.17) is 23.8 Å². The smallest absolute Gasteiger partial charge is 0.167 e. The molecule has 10 aromatic rings. The summed E-state index contributed by atoms with van der Waals surface area (Å²) in [7, 11) is 0. The summed E-state index contributed by atoms with van der Waals surface area (Å²) >= 11 is 0. The van der Waals surface area contributed by atoms with Crippen LogP contribution >= 0.6 is 0 Å². The summed E-state index contributed by atoms with van der Waals surface area (Å²) in [5, 5.41) is 6.55. The van der Waals surface area contributed by atoms with Crippen LogP contribution in [0.4, 0.5) is 0 Å². The molecule has 0 aliphatic heterocycles. The minimum atomic E-state index is 0.551. The predicted octanol–water partition coefficient (Wildman–Crippen LogP) is 11.5. The highest BCUT2D eigenvalue weighted by Crippen LogP contribution is 2.53. The molecule has 222 valence electrons. The second-order valence-electron chi connectivity index (χ2n) is 12.3. The van der Waals surface area contributed by atoms with Gasteiger partial charge in [0, 0.05) is 38.2 Å². The summed E-state index contributed by atoms with van der Waals surface area (Å²) in [4.78, 5) is 15.5. The molecular formula is C43H23N3O2. The van der Waals surface area contributed by atoms with Crippen molar-refractivity contribution < 1.29 is 8.83 Å². The highest BCUT2D eigenvalue weighted by molar-refractivity contribution is 6.26. The standard InChI is InChI=1S/C43H23N3O2/c1-2-11-25(12-3-1)41-44-42(31-20-10-18-28-26-15-4-6-21-34(26)47-39(28)31)46-43(45-41)33-23-32-27-17-8-13-24-14-9-19-30(36(24)27)38(32)40-37(33)29-16-5-7-22-35(29)48-40/h1-23H. The number of furan rings is 2. The quantitative estimate of drug-likeness (QED) is 0.198. The second kappa shape index (κ2) is 9.47. The zero-order valence-electron chi connectivity index (χ0n) is 25.4. The third-order valence-corrected chi connectivity index (χ3v) is 9.67. The molecule has 0 fully saturated rings. The van der Waals surface area contributed by atoms with E-state index in [0.29, 0.717) is 17.5 Å². The van der Waals surface area contributed by atoms with Crippen LogP contribution in [0.3, 0.4) is 0 Å². The summed E-state index contributed by atoms with van der Waals surface area (Å²) in [6.45, 7) is 0. The minimum Gasteiger partial charge on any atom is -0.455 e. The zero-order chi connectivity index (χ0) is 31.3. The molecule has 1 aliphatic carbocycles. The Hall–Kier alpha value is -6.59. The molecule has 5 heteroatoms. The van der Waals surface area contributed by atoms with Crippen molar-refractivity contribution >= 4 is 54.6 Å². The van der Waals surface area contributed by atoms with Gasteiger partial charge >= 0.3 is 0 Å². The molecule has 11 rings (SSSR count). The number of benzene rings is 7. The largest absolute Gasteiger partial charge is 0.455 e. The first-order chi connectivity index (χ1) is 23.8. The van der Waals surface area contributed by atoms with Crippen LogP contribution in [0.15, 0.2) is 148 Å². The van der Waals surface area contributed by atoms with Crippen LogP contribution in [0.5, 0.6) is 0 Å². The van der Waals surface area contributed by atoms with Gasteiger partial charge in [-0.25, -0.2) is 15.0 Å². The van der Waals surface area contributed by atoms with Crippen LogP contribution < -0.4 is 0 Å². The molecule has 7 aromatic carbocycles. The Morgan fingerprint density at radius 2 is 0.979 bits per heavy atom. The fraction of sp³-hybridized carbons (Fsp3) is 0. The fourth-order valence-electron chi connectivity index (χ4n) is 7.59. The summed E-state index contributed by atoms with van der Waals surface area (Å²) in [6, 6.07) is 47.8. The lowest BCUT2D eigenvalue weighted by Crippen LogP contribution is -2.01. The monoisotopic (exact) mass is 613 g/mol. The lowest BCUT2D eigenvalue weighted by molar-refractivity contribution is 0.669. The van der Waals surface area contributed by atoms with E-state index in [-0.39, 0.29) is 0 Å². The van der Waals surface area contributed by atoms with E-state index in [9.17, 15) is 0 Å². The van der Waals surface area contributed by atoms with Gasteiger partial charge in [0.25, 0.3) is 0 Å². The zero-order valence-corrected chi connectivity index (χ0v) is 25.4. The Labute approximate surface area is 273 Å². The lowest BCUT2D eigenvalue weighted by Gasteiger charge is -2.12. The molecule has 0 saturated heterocycles. The Kier molecular flexibility index (Phi) is 5.05. The Bertz CT molecular complexity index is 2950. The minimum absolute atomic E-state index is 0.551. The van der Waals surface area contributed by atoms with E-state index in [1.165, 1.54) is 21.9 Å². The van der Waals surface area contributed by atoms with Gasteiger partial charge in [-0.2, -0.15) is 0 Å². The van der Waals surface area contributed by atoms with Crippen molar-refractivity contribution in [3.8, 4) is 56.4 Å². The lowest BCUT2D eigenvalue weighted by atomic mass is 9.95. The van der Waals surface area contributed by atoms with Gasteiger partial charge in [0.2, 0.25) is 0 Å². The molecule has 3 heterocycles. The molecule has 0 saturated carbocycles. The first-order valence-electron chi connectivity index (χ1n) is 16.0. The van der Waals surface area contributed by atoms with Crippen LogP contribution in [0, 0.1) is 0 Å². The maximum Gasteiger partial charge on any atom is 0.167 e. The Balaban J connectivity index is 1.26. The first-order valence-corrected chi connectivity index (χ1v) is 16.0. The summed E-state index contributed by atoms with van der Waals surface area (Å²) in [5.74, 6) is 1.72. The number of hydrogen-bond donors (Lipinski definition) is 0. The molecule has 0 atom stereocenters. The molecule has 0 N–H and O–H groups in total. The molecule has 48 heavy (non-hydrogen) atoms. The third kappa shape index (κ3) is 3.47. The normalized spacial score (nSPS) is 12.2. The summed E-state index contributed by atoms with van der Waals surface area (Å²) in [5.41, 5.74) is 10.5. The van der Waals surface area contributed by atoms with E-state index in [0.717, 1.165) is 71.7 Å². The van der Waals surface area contributed by atoms with Gasteiger partial charge in [-0.15, -0.1) is 0 Å². The molecule has 0 radical (unpaired) electrons. The van der Waals surface area contributed by atoms with Gasteiger partial charge in [-0.3, -0.25) is 0 Å². The molecular weight excluding hydrogens is 590 g/mol. The van der Waals surface area contributed by atoms with Crippen molar-refractivity contribution in [3.63, 3.8) is 0 Å². The molecule has 0 amide bonds. The fourth-order valence-corrected chi connectivity index (χ4v) is 7.59. The average Bonchev–Trinajstić information content (AvgIpc) is 3.82. The predicted molar refractivity (Wildman–Crippen MR) is 193 cm³/mol. The number of nitrogens with zero attached hydrogens (tertiary/aromatic N) is 3. The Morgan fingerprint density at radius 1 is 0.375 bits per heavy atom. The van der Waals surface area contributed by atoms with E-state index in [1.54, 1.807) is 0 Å². The molecule has 0 unspecified atom stereocenters.